The zero-order chi connectivity index (χ0) is 46.6. The van der Waals surface area contributed by atoms with Gasteiger partial charge >= 0.3 is 46.6 Å². The monoisotopic (exact) mass is 935 g/mol. The number of fused-ring (bicyclic) bond motifs is 1. The van der Waals surface area contributed by atoms with Crippen LogP contribution in [0.15, 0.2) is 130 Å². The number of phenols is 3. The molecule has 7 N–H and O–H groups in total. The third-order valence-corrected chi connectivity index (χ3v) is 9.94. The Morgan fingerprint density at radius 1 is 0.556 bits per heavy atom. The Labute approximate surface area is 376 Å². The van der Waals surface area contributed by atoms with Crippen molar-refractivity contribution in [3.63, 3.8) is 0 Å². The minimum atomic E-state index is -4.65. The predicted molar refractivity (Wildman–Crippen MR) is 215 cm³/mol. The Morgan fingerprint density at radius 2 is 1.02 bits per heavy atom. The van der Waals surface area contributed by atoms with Crippen LogP contribution in [-0.2, 0) is 30.4 Å². The van der Waals surface area contributed by atoms with Gasteiger partial charge < -0.3 is 20.6 Å². The van der Waals surface area contributed by atoms with Crippen LogP contribution in [-0.4, -0.2) is 64.1 Å². The first-order valence-corrected chi connectivity index (χ1v) is 20.4. The van der Waals surface area contributed by atoms with Gasteiger partial charge in [0.15, 0.2) is 14.9 Å². The van der Waals surface area contributed by atoms with Crippen molar-refractivity contribution >= 4 is 80.9 Å². The molecule has 0 heterocycles. The summed E-state index contributed by atoms with van der Waals surface area (Å²) in [6.45, 7) is 0. The van der Waals surface area contributed by atoms with Crippen LogP contribution in [0.1, 0.15) is 0 Å². The molecule has 0 aliphatic carbocycles. The number of aromatic hydroxyl groups is 3. The first-order valence-electron chi connectivity index (χ1n) is 16.0. The molecule has 63 heavy (non-hydrogen) atoms. The summed E-state index contributed by atoms with van der Waals surface area (Å²) in [7, 11) is -14.0. The van der Waals surface area contributed by atoms with Crippen LogP contribution >= 0.6 is 0 Å². The Hall–Kier alpha value is -7.43. The van der Waals surface area contributed by atoms with Crippen molar-refractivity contribution in [1.82, 2.24) is 0 Å². The number of diazo groups is 3. The van der Waals surface area contributed by atoms with E-state index in [9.17, 15) is 55.1 Å². The minimum absolute atomic E-state index is 0. The third kappa shape index (κ3) is 15.2. The van der Waals surface area contributed by atoms with E-state index in [0.29, 0.717) is 23.1 Å². The SMILES string of the molecule is N#[N+]c1cc(S(=O)(=O)O)cc2cc(S(=O)(=O)O)cc(O)c12.N#[N+]c1ccc(Nc2ccc([N+](=O)[O-])cc2S(=O)(=O)O)cc1.N#[N+]c1ccc([N+](=O)[O-])cc1.Oc1cccc(O)c1.[Na+]. The van der Waals surface area contributed by atoms with E-state index in [1.165, 1.54) is 72.8 Å². The minimum Gasteiger partial charge on any atom is -0.508 e. The molecule has 0 saturated carbocycles. The van der Waals surface area contributed by atoms with Crippen LogP contribution in [0.5, 0.6) is 17.2 Å². The number of hydrogen-bond acceptors (Lipinski definition) is 17. The molecule has 0 aliphatic heterocycles. The van der Waals surface area contributed by atoms with Crippen molar-refractivity contribution < 1.29 is 93.6 Å². The van der Waals surface area contributed by atoms with E-state index < -0.39 is 72.0 Å². The van der Waals surface area contributed by atoms with E-state index in [1.807, 2.05) is 0 Å². The number of nitro benzene ring substituents is 2. The summed E-state index contributed by atoms with van der Waals surface area (Å²) in [6, 6.07) is 23.3. The molecule has 0 spiro atoms. The number of nitro groups is 2. The van der Waals surface area contributed by atoms with Gasteiger partial charge in [-0.1, -0.05) is 6.07 Å². The molecule has 0 radical (unpaired) electrons. The fourth-order valence-electron chi connectivity index (χ4n) is 4.64. The zero-order valence-corrected chi connectivity index (χ0v) is 36.0. The van der Waals surface area contributed by atoms with Crippen molar-refractivity contribution in [3.05, 3.63) is 150 Å². The largest absolute Gasteiger partial charge is 1.00 e. The number of anilines is 2. The molecule has 25 nitrogen and oxygen atoms in total. The van der Waals surface area contributed by atoms with Crippen LogP contribution in [0, 0.1) is 36.4 Å². The molecular weight excluding hydrogens is 910 g/mol. The molecule has 6 rings (SSSR count). The third-order valence-electron chi connectivity index (χ3n) is 7.38. The molecule has 29 heteroatoms. The van der Waals surface area contributed by atoms with E-state index in [2.05, 4.69) is 20.2 Å². The van der Waals surface area contributed by atoms with Crippen LogP contribution in [0.25, 0.3) is 25.7 Å². The Kier molecular flexibility index (Phi) is 18.0. The van der Waals surface area contributed by atoms with Crippen molar-refractivity contribution in [2.75, 3.05) is 5.32 Å². The summed E-state index contributed by atoms with van der Waals surface area (Å²) in [4.78, 5) is 26.1. The summed E-state index contributed by atoms with van der Waals surface area (Å²) in [5.41, 5.74) is 0.123. The fourth-order valence-corrected chi connectivity index (χ4v) is 6.38. The van der Waals surface area contributed by atoms with Gasteiger partial charge in [-0.25, -0.2) is 0 Å². The number of phenolic OH excluding ortho intramolecular Hbond substituents is 3. The Morgan fingerprint density at radius 3 is 1.41 bits per heavy atom. The second kappa shape index (κ2) is 21.9. The number of rotatable bonds is 7. The second-order valence-electron chi connectivity index (χ2n) is 11.6. The molecular formula is C34H26N9NaO16S3+4. The van der Waals surface area contributed by atoms with Gasteiger partial charge in [0, 0.05) is 66.4 Å². The van der Waals surface area contributed by atoms with E-state index in [0.717, 1.165) is 30.3 Å². The number of hydrogen-bond donors (Lipinski definition) is 7. The molecule has 6 aromatic carbocycles. The number of non-ortho nitro benzene ring substituents is 2. The van der Waals surface area contributed by atoms with Gasteiger partial charge in [-0.3, -0.25) is 33.9 Å². The predicted octanol–water partition coefficient (Wildman–Crippen LogP) is 4.77. The summed E-state index contributed by atoms with van der Waals surface area (Å²) in [5, 5.41) is 75.9. The molecule has 0 atom stereocenters. The van der Waals surface area contributed by atoms with Gasteiger partial charge in [0.1, 0.15) is 32.4 Å². The standard InChI is InChI=1S/C12H8N4O5S.C10H6N2O7S2.C6H4N3O2.C6H6O2.Na/c13-15-9-3-1-8(2-4-9)14-11-6-5-10(16(17)18)7-12(11)22(19,20)21;11-12-8-3-6(20(14,15)16)1-5-2-7(21(17,18)19)4-9(13)10(5)8;7-8-5-1-3-6(4-2-5)9(10)11;7-5-2-1-3-6(8)4-5;/h1-7,14H;1-4H,(H2-,13,14,15,16,17,18,19);1-4H;1-4,7-8H;/q;;+1;;+1/p+2. The maximum atomic E-state index is 11.4. The maximum Gasteiger partial charge on any atom is 1.00 e. The molecule has 318 valence electrons. The summed E-state index contributed by atoms with van der Waals surface area (Å²) in [6.07, 6.45) is 0. The molecule has 0 aromatic heterocycles. The quantitative estimate of drug-likeness (QED) is 0.0372. The maximum absolute atomic E-state index is 11.4. The van der Waals surface area contributed by atoms with E-state index in [4.69, 9.17) is 35.5 Å². The average molecular weight is 936 g/mol. The van der Waals surface area contributed by atoms with Gasteiger partial charge in [-0.2, -0.15) is 25.3 Å². The van der Waals surface area contributed by atoms with Gasteiger partial charge in [0.25, 0.3) is 41.7 Å². The molecule has 0 fully saturated rings. The molecule has 0 amide bonds. The van der Waals surface area contributed by atoms with Gasteiger partial charge in [0.05, 0.1) is 26.5 Å². The van der Waals surface area contributed by atoms with Crippen LogP contribution in [0.3, 0.4) is 0 Å². The fraction of sp³-hybridized carbons (Fsp3) is 0. The molecule has 0 aliphatic rings. The first kappa shape index (κ1) is 51.7. The molecule has 0 saturated heterocycles. The summed E-state index contributed by atoms with van der Waals surface area (Å²) < 4.78 is 94.2. The van der Waals surface area contributed by atoms with Crippen LogP contribution in [0.4, 0.5) is 39.8 Å². The summed E-state index contributed by atoms with van der Waals surface area (Å²) >= 11 is 0. The number of benzene rings is 6. The van der Waals surface area contributed by atoms with E-state index in [-0.39, 0.29) is 63.2 Å². The van der Waals surface area contributed by atoms with Gasteiger partial charge in [0.2, 0.25) is 16.2 Å². The topological polar surface area (TPSA) is 407 Å². The van der Waals surface area contributed by atoms with Crippen molar-refractivity contribution in [2.24, 2.45) is 0 Å². The van der Waals surface area contributed by atoms with Crippen molar-refractivity contribution in [2.45, 2.75) is 14.7 Å². The Balaban J connectivity index is 0.000000308. The average Bonchev–Trinajstić information content (AvgIpc) is 3.20. The smallest absolute Gasteiger partial charge is 0.508 e. The molecule has 6 aromatic rings. The number of nitrogens with one attached hydrogen (secondary N) is 1. The first-order chi connectivity index (χ1) is 28.9. The summed E-state index contributed by atoms with van der Waals surface area (Å²) in [5.74, 6) is -0.482. The van der Waals surface area contributed by atoms with E-state index >= 15 is 0 Å². The van der Waals surface area contributed by atoms with Crippen molar-refractivity contribution in [3.8, 4) is 17.2 Å². The van der Waals surface area contributed by atoms with E-state index in [1.54, 1.807) is 6.07 Å². The van der Waals surface area contributed by atoms with Crippen LogP contribution < -0.4 is 34.9 Å². The number of nitrogens with zero attached hydrogens (tertiary/aromatic N) is 8. The normalized spacial score (nSPS) is 10.5. The molecule has 0 bridgehead atoms. The van der Waals surface area contributed by atoms with Gasteiger partial charge in [-0.05, 0) is 47.9 Å². The Bertz CT molecular complexity index is 3140. The zero-order valence-electron chi connectivity index (χ0n) is 31.5. The van der Waals surface area contributed by atoms with Gasteiger partial charge in [-0.15, -0.1) is 0 Å². The second-order valence-corrected chi connectivity index (χ2v) is 15.8. The molecule has 0 unspecified atom stereocenters. The van der Waals surface area contributed by atoms with Crippen molar-refractivity contribution in [1.29, 1.82) is 16.2 Å². The van der Waals surface area contributed by atoms with Crippen LogP contribution in [0.2, 0.25) is 0 Å².